The topological polar surface area (TPSA) is 67.1 Å². The number of carbonyl (C=O) groups excluding carboxylic acids is 1. The highest BCUT2D eigenvalue weighted by Gasteiger charge is 2.35. The third-order valence-electron chi connectivity index (χ3n) is 4.79. The van der Waals surface area contributed by atoms with Crippen molar-refractivity contribution in [3.8, 4) is 0 Å². The summed E-state index contributed by atoms with van der Waals surface area (Å²) >= 11 is 0. The normalized spacial score (nSPS) is 17.2. The van der Waals surface area contributed by atoms with Gasteiger partial charge < -0.3 is 14.7 Å². The number of aryl methyl sites for hydroxylation is 1. The van der Waals surface area contributed by atoms with Crippen molar-refractivity contribution in [2.45, 2.75) is 19.8 Å². The first kappa shape index (κ1) is 16.9. The highest BCUT2D eigenvalue weighted by atomic mass is 19.1. The van der Waals surface area contributed by atoms with Crippen LogP contribution in [0, 0.1) is 18.3 Å². The molecule has 0 aromatic carbocycles. The molecule has 6 nitrogen and oxygen atoms in total. The van der Waals surface area contributed by atoms with Gasteiger partial charge in [0.1, 0.15) is 5.65 Å². The van der Waals surface area contributed by atoms with Crippen LogP contribution in [0.4, 0.5) is 4.39 Å². The van der Waals surface area contributed by atoms with Crippen molar-refractivity contribution >= 4 is 11.6 Å². The van der Waals surface area contributed by atoms with Crippen molar-refractivity contribution < 1.29 is 19.0 Å². The summed E-state index contributed by atoms with van der Waals surface area (Å²) in [6, 6.07) is 5.21. The number of hydrogen-bond donors (Lipinski definition) is 1. The van der Waals surface area contributed by atoms with Crippen LogP contribution in [0.2, 0.25) is 0 Å². The molecule has 1 aliphatic heterocycles. The fraction of sp³-hybridized carbons (Fsp3) is 0.529. The van der Waals surface area contributed by atoms with Gasteiger partial charge in [-0.15, -0.1) is 0 Å². The average Bonchev–Trinajstić information content (AvgIpc) is 2.93. The molecule has 1 saturated heterocycles. The summed E-state index contributed by atoms with van der Waals surface area (Å²) in [5, 5.41) is 9.76. The molecule has 0 aliphatic carbocycles. The van der Waals surface area contributed by atoms with Crippen LogP contribution in [0.1, 0.15) is 29.0 Å². The second-order valence-electron chi connectivity index (χ2n) is 6.54. The summed E-state index contributed by atoms with van der Waals surface area (Å²) in [6.07, 6.45) is 1.35. The molecule has 7 heteroatoms. The number of rotatable bonds is 4. The number of nitrogens with zero attached hydrogens (tertiary/aromatic N) is 3. The summed E-state index contributed by atoms with van der Waals surface area (Å²) < 4.78 is 21.3. The van der Waals surface area contributed by atoms with Crippen LogP contribution >= 0.6 is 0 Å². The fourth-order valence-corrected chi connectivity index (χ4v) is 3.27. The van der Waals surface area contributed by atoms with Gasteiger partial charge >= 0.3 is 0 Å². The van der Waals surface area contributed by atoms with Gasteiger partial charge in [-0.2, -0.15) is 4.39 Å². The van der Waals surface area contributed by atoms with Crippen molar-refractivity contribution in [3.63, 3.8) is 0 Å². The summed E-state index contributed by atoms with van der Waals surface area (Å²) in [5.74, 6) is -1.13. The maximum absolute atomic E-state index is 14.6. The van der Waals surface area contributed by atoms with Crippen LogP contribution in [0.15, 0.2) is 18.2 Å². The number of halogens is 1. The van der Waals surface area contributed by atoms with E-state index < -0.39 is 17.3 Å². The summed E-state index contributed by atoms with van der Waals surface area (Å²) in [7, 11) is 1.62. The summed E-state index contributed by atoms with van der Waals surface area (Å²) in [6.45, 7) is 3.20. The minimum Gasteiger partial charge on any atom is -0.396 e. The summed E-state index contributed by atoms with van der Waals surface area (Å²) in [4.78, 5) is 18.3. The molecule has 0 atom stereocenters. The van der Waals surface area contributed by atoms with Gasteiger partial charge in [-0.1, -0.05) is 6.07 Å². The molecule has 1 aliphatic rings. The van der Waals surface area contributed by atoms with Crippen LogP contribution < -0.4 is 0 Å². The van der Waals surface area contributed by atoms with E-state index in [4.69, 9.17) is 4.74 Å². The average molecular weight is 335 g/mol. The minimum absolute atomic E-state index is 0.0270. The number of ether oxygens (including phenoxy) is 1. The molecule has 0 saturated carbocycles. The molecular formula is C17H22FN3O3. The quantitative estimate of drug-likeness (QED) is 0.922. The molecule has 1 fully saturated rings. The lowest BCUT2D eigenvalue weighted by Crippen LogP contribution is -2.44. The van der Waals surface area contributed by atoms with Gasteiger partial charge in [0.05, 0.1) is 6.61 Å². The summed E-state index contributed by atoms with van der Waals surface area (Å²) in [5.41, 5.74) is 0.503. The lowest BCUT2D eigenvalue weighted by molar-refractivity contribution is -0.0283. The lowest BCUT2D eigenvalue weighted by Gasteiger charge is -2.38. The van der Waals surface area contributed by atoms with Crippen molar-refractivity contribution in [3.05, 3.63) is 35.5 Å². The Labute approximate surface area is 139 Å². The number of hydrogen-bond acceptors (Lipinski definition) is 4. The third kappa shape index (κ3) is 2.89. The van der Waals surface area contributed by atoms with E-state index >= 15 is 0 Å². The highest BCUT2D eigenvalue weighted by Crippen LogP contribution is 2.31. The van der Waals surface area contributed by atoms with E-state index in [1.54, 1.807) is 32.2 Å². The van der Waals surface area contributed by atoms with Crippen molar-refractivity contribution in [2.75, 3.05) is 33.4 Å². The van der Waals surface area contributed by atoms with Crippen molar-refractivity contribution in [1.29, 1.82) is 0 Å². The largest absolute Gasteiger partial charge is 0.396 e. The van der Waals surface area contributed by atoms with Crippen LogP contribution in [0.5, 0.6) is 0 Å². The Balaban J connectivity index is 1.86. The molecule has 0 bridgehead atoms. The molecule has 1 N–H and O–H groups in total. The van der Waals surface area contributed by atoms with Crippen LogP contribution in [0.3, 0.4) is 0 Å². The predicted octanol–water partition coefficient (Wildman–Crippen LogP) is 1.64. The van der Waals surface area contributed by atoms with Crippen LogP contribution in [-0.2, 0) is 4.74 Å². The fourth-order valence-electron chi connectivity index (χ4n) is 3.27. The van der Waals surface area contributed by atoms with E-state index in [0.717, 1.165) is 0 Å². The van der Waals surface area contributed by atoms with Gasteiger partial charge in [-0.25, -0.2) is 4.98 Å². The molecule has 3 rings (SSSR count). The Bertz CT molecular complexity index is 753. The first-order valence-electron chi connectivity index (χ1n) is 8.05. The molecule has 24 heavy (non-hydrogen) atoms. The number of pyridine rings is 1. The van der Waals surface area contributed by atoms with Crippen molar-refractivity contribution in [2.24, 2.45) is 5.41 Å². The van der Waals surface area contributed by atoms with E-state index in [-0.39, 0.29) is 12.3 Å². The van der Waals surface area contributed by atoms with Gasteiger partial charge in [0.2, 0.25) is 5.95 Å². The maximum atomic E-state index is 14.6. The number of aliphatic hydroxyl groups is 1. The highest BCUT2D eigenvalue weighted by molar-refractivity contribution is 5.93. The van der Waals surface area contributed by atoms with Gasteiger partial charge in [0.15, 0.2) is 5.69 Å². The predicted molar refractivity (Wildman–Crippen MR) is 86.4 cm³/mol. The number of imidazole rings is 1. The van der Waals surface area contributed by atoms with E-state index in [9.17, 15) is 14.3 Å². The molecular weight excluding hydrogens is 313 g/mol. The second kappa shape index (κ2) is 6.49. The molecule has 2 aromatic heterocycles. The monoisotopic (exact) mass is 335 g/mol. The minimum atomic E-state index is -0.648. The maximum Gasteiger partial charge on any atom is 0.277 e. The Morgan fingerprint density at radius 2 is 2.17 bits per heavy atom. The van der Waals surface area contributed by atoms with E-state index in [0.29, 0.717) is 43.9 Å². The van der Waals surface area contributed by atoms with Gasteiger partial charge in [-0.3, -0.25) is 9.20 Å². The number of amides is 1. The zero-order chi connectivity index (χ0) is 17.3. The van der Waals surface area contributed by atoms with E-state index in [2.05, 4.69) is 4.98 Å². The number of aromatic nitrogens is 2. The van der Waals surface area contributed by atoms with Crippen LogP contribution in [0.25, 0.3) is 5.65 Å². The molecule has 1 amide bonds. The third-order valence-corrected chi connectivity index (χ3v) is 4.79. The first-order valence-corrected chi connectivity index (χ1v) is 8.05. The zero-order valence-corrected chi connectivity index (χ0v) is 14.0. The zero-order valence-electron chi connectivity index (χ0n) is 14.0. The molecule has 0 spiro atoms. The Morgan fingerprint density at radius 1 is 1.46 bits per heavy atom. The lowest BCUT2D eigenvalue weighted by atomic mass is 9.80. The standard InChI is InChI=1S/C17H22FN3O3/c1-12-4-3-5-13-19-14(15(18)21(12)13)16(23)20(2)10-17(11-22)6-8-24-9-7-17/h3-5,22H,6-11H2,1-2H3. The SMILES string of the molecule is Cc1cccc2nc(C(=O)N(C)CC3(CO)CCOCC3)c(F)n12. The smallest absolute Gasteiger partial charge is 0.277 e. The molecule has 3 heterocycles. The number of aliphatic hydroxyl groups excluding tert-OH is 1. The van der Waals surface area contributed by atoms with Gasteiger partial charge in [-0.05, 0) is 31.9 Å². The Hall–Kier alpha value is -1.99. The van der Waals surface area contributed by atoms with E-state index in [1.807, 2.05) is 0 Å². The Morgan fingerprint density at radius 3 is 2.79 bits per heavy atom. The number of carbonyl (C=O) groups is 1. The first-order chi connectivity index (χ1) is 11.5. The Kier molecular flexibility index (Phi) is 4.56. The molecule has 0 radical (unpaired) electrons. The van der Waals surface area contributed by atoms with E-state index in [1.165, 1.54) is 9.30 Å². The van der Waals surface area contributed by atoms with Crippen LogP contribution in [-0.4, -0.2) is 58.7 Å². The van der Waals surface area contributed by atoms with Gasteiger partial charge in [0, 0.05) is 37.9 Å². The molecule has 130 valence electrons. The van der Waals surface area contributed by atoms with Crippen molar-refractivity contribution in [1.82, 2.24) is 14.3 Å². The molecule has 2 aromatic rings. The second-order valence-corrected chi connectivity index (χ2v) is 6.54. The molecule has 0 unspecified atom stereocenters. The van der Waals surface area contributed by atoms with Gasteiger partial charge in [0.25, 0.3) is 5.91 Å². The number of fused-ring (bicyclic) bond motifs is 1.